The number of aromatic nitrogens is 2. The fourth-order valence-electron chi connectivity index (χ4n) is 3.05. The van der Waals surface area contributed by atoms with Gasteiger partial charge in [0.25, 0.3) is 0 Å². The van der Waals surface area contributed by atoms with E-state index in [1.807, 2.05) is 12.1 Å². The maximum atomic E-state index is 6.28. The van der Waals surface area contributed by atoms with Crippen LogP contribution in [-0.4, -0.2) is 29.6 Å². The molecule has 146 valence electrons. The molecule has 1 fully saturated rings. The van der Waals surface area contributed by atoms with Gasteiger partial charge in [0.2, 0.25) is 0 Å². The fourth-order valence-corrected chi connectivity index (χ4v) is 4.38. The lowest BCUT2D eigenvalue weighted by Crippen LogP contribution is -2.43. The van der Waals surface area contributed by atoms with Crippen molar-refractivity contribution >= 4 is 46.6 Å². The lowest BCUT2D eigenvalue weighted by molar-refractivity contribution is 0.257. The van der Waals surface area contributed by atoms with Crippen molar-refractivity contribution in [2.24, 2.45) is 16.9 Å². The molecule has 0 aliphatic carbocycles. The number of rotatable bonds is 5. The lowest BCUT2D eigenvalue weighted by Gasteiger charge is -2.39. The van der Waals surface area contributed by atoms with Gasteiger partial charge >= 0.3 is 0 Å². The summed E-state index contributed by atoms with van der Waals surface area (Å²) in [6, 6.07) is 5.44. The number of hydrogen-bond donors (Lipinski definition) is 3. The van der Waals surface area contributed by atoms with Crippen LogP contribution in [0.5, 0.6) is 0 Å². The molecular formula is C18H24Cl2N6S. The molecule has 0 atom stereocenters. The molecule has 2 heterocycles. The van der Waals surface area contributed by atoms with Gasteiger partial charge in [0.15, 0.2) is 11.6 Å². The predicted octanol–water partition coefficient (Wildman–Crippen LogP) is 3.54. The molecule has 6 nitrogen and oxygen atoms in total. The number of benzene rings is 1. The van der Waals surface area contributed by atoms with E-state index in [9.17, 15) is 0 Å². The molecular weight excluding hydrogens is 403 g/mol. The summed E-state index contributed by atoms with van der Waals surface area (Å²) in [5.74, 6) is 1.12. The van der Waals surface area contributed by atoms with E-state index in [0.29, 0.717) is 27.4 Å². The number of hydrogen-bond acceptors (Lipinski definition) is 7. The number of nitrogen functional groups attached to an aromatic ring is 1. The zero-order valence-electron chi connectivity index (χ0n) is 15.2. The van der Waals surface area contributed by atoms with E-state index in [1.165, 1.54) is 11.8 Å². The first kappa shape index (κ1) is 20.5. The van der Waals surface area contributed by atoms with E-state index in [-0.39, 0.29) is 12.0 Å². The summed E-state index contributed by atoms with van der Waals surface area (Å²) in [7, 11) is 0. The smallest absolute Gasteiger partial charge is 0.158 e. The minimum absolute atomic E-state index is 0.178. The summed E-state index contributed by atoms with van der Waals surface area (Å²) in [5, 5.41) is 1.54. The minimum Gasteiger partial charge on any atom is -0.381 e. The Kier molecular flexibility index (Phi) is 6.38. The summed E-state index contributed by atoms with van der Waals surface area (Å²) in [4.78, 5) is 12.3. The van der Waals surface area contributed by atoms with Gasteiger partial charge in [-0.2, -0.15) is 0 Å². The maximum Gasteiger partial charge on any atom is 0.158 e. The van der Waals surface area contributed by atoms with E-state index in [2.05, 4.69) is 21.8 Å². The van der Waals surface area contributed by atoms with Crippen molar-refractivity contribution in [1.29, 1.82) is 0 Å². The summed E-state index contributed by atoms with van der Waals surface area (Å²) < 4.78 is 0. The molecule has 0 unspecified atom stereocenters. The molecule has 0 saturated carbocycles. The number of anilines is 2. The van der Waals surface area contributed by atoms with Crippen LogP contribution >= 0.6 is 35.0 Å². The number of nitrogens with zero attached hydrogens (tertiary/aromatic N) is 3. The molecule has 1 saturated heterocycles. The van der Waals surface area contributed by atoms with Crippen molar-refractivity contribution in [3.63, 3.8) is 0 Å². The minimum atomic E-state index is 0.178. The average molecular weight is 427 g/mol. The van der Waals surface area contributed by atoms with E-state index < -0.39 is 0 Å². The van der Waals surface area contributed by atoms with Gasteiger partial charge in [0.05, 0.1) is 15.7 Å². The van der Waals surface area contributed by atoms with E-state index >= 15 is 0 Å². The molecule has 0 amide bonds. The molecule has 2 aromatic rings. The summed E-state index contributed by atoms with van der Waals surface area (Å²) >= 11 is 13.7. The molecule has 1 aromatic heterocycles. The van der Waals surface area contributed by atoms with Gasteiger partial charge in [-0.3, -0.25) is 0 Å². The molecule has 0 spiro atoms. The van der Waals surface area contributed by atoms with E-state index in [4.69, 9.17) is 40.4 Å². The second-order valence-electron chi connectivity index (χ2n) is 7.04. The molecule has 9 heteroatoms. The third-order valence-electron chi connectivity index (χ3n) is 5.02. The Bertz CT molecular complexity index is 824. The van der Waals surface area contributed by atoms with Crippen LogP contribution in [0.15, 0.2) is 28.1 Å². The fraction of sp³-hybridized carbons (Fsp3) is 0.444. The van der Waals surface area contributed by atoms with Gasteiger partial charge in [0.1, 0.15) is 5.03 Å². The highest BCUT2D eigenvalue weighted by atomic mass is 35.5. The standard InChI is InChI=1S/C18H24Cl2N6S/c1-18(10-22)5-7-26(8-6-18)16-12(9-21)24-17(15(23)25-16)27-13-4-2-3-11(19)14(13)20/h2-4H,5-10,21-22H2,1H3,(H2,23,25). The van der Waals surface area contributed by atoms with Crippen LogP contribution in [-0.2, 0) is 6.54 Å². The first-order valence-electron chi connectivity index (χ1n) is 8.80. The topological polar surface area (TPSA) is 107 Å². The number of nitrogens with two attached hydrogens (primary N) is 3. The first-order valence-corrected chi connectivity index (χ1v) is 10.4. The van der Waals surface area contributed by atoms with Gasteiger partial charge < -0.3 is 22.1 Å². The Labute approximate surface area is 173 Å². The van der Waals surface area contributed by atoms with Crippen molar-refractivity contribution in [2.45, 2.75) is 36.2 Å². The molecule has 3 rings (SSSR count). The second kappa shape index (κ2) is 8.41. The highest BCUT2D eigenvalue weighted by Gasteiger charge is 2.30. The Morgan fingerprint density at radius 3 is 2.52 bits per heavy atom. The molecule has 1 aromatic carbocycles. The normalized spacial score (nSPS) is 16.6. The number of piperidine rings is 1. The van der Waals surface area contributed by atoms with Crippen molar-refractivity contribution in [3.8, 4) is 0 Å². The van der Waals surface area contributed by atoms with Gasteiger partial charge in [-0.1, -0.05) is 48.0 Å². The largest absolute Gasteiger partial charge is 0.381 e. The summed E-state index contributed by atoms with van der Waals surface area (Å²) in [6.45, 7) is 4.92. The van der Waals surface area contributed by atoms with Gasteiger partial charge in [-0.15, -0.1) is 0 Å². The van der Waals surface area contributed by atoms with E-state index in [0.717, 1.165) is 42.3 Å². The molecule has 6 N–H and O–H groups in total. The van der Waals surface area contributed by atoms with Crippen molar-refractivity contribution in [1.82, 2.24) is 9.97 Å². The zero-order valence-corrected chi connectivity index (χ0v) is 17.5. The third-order valence-corrected chi connectivity index (χ3v) is 7.00. The third kappa shape index (κ3) is 4.43. The van der Waals surface area contributed by atoms with Crippen LogP contribution in [0.4, 0.5) is 11.6 Å². The average Bonchev–Trinajstić information content (AvgIpc) is 2.67. The van der Waals surface area contributed by atoms with Crippen LogP contribution in [0.3, 0.4) is 0 Å². The van der Waals surface area contributed by atoms with Crippen molar-refractivity contribution in [3.05, 3.63) is 33.9 Å². The summed E-state index contributed by atoms with van der Waals surface area (Å²) in [5.41, 5.74) is 19.0. The molecule has 0 radical (unpaired) electrons. The Hall–Kier alpha value is -1.25. The van der Waals surface area contributed by atoms with Crippen LogP contribution in [0.1, 0.15) is 25.5 Å². The molecule has 0 bridgehead atoms. The Balaban J connectivity index is 1.87. The number of halogens is 2. The SMILES string of the molecule is CC1(CN)CCN(c2nc(N)c(Sc3cccc(Cl)c3Cl)nc2CN)CC1. The van der Waals surface area contributed by atoms with Crippen LogP contribution in [0, 0.1) is 5.41 Å². The Morgan fingerprint density at radius 2 is 1.89 bits per heavy atom. The molecule has 27 heavy (non-hydrogen) atoms. The lowest BCUT2D eigenvalue weighted by atomic mass is 9.80. The second-order valence-corrected chi connectivity index (χ2v) is 8.86. The van der Waals surface area contributed by atoms with Crippen LogP contribution < -0.4 is 22.1 Å². The van der Waals surface area contributed by atoms with Crippen molar-refractivity contribution in [2.75, 3.05) is 30.3 Å². The molecule has 1 aliphatic rings. The van der Waals surface area contributed by atoms with Crippen LogP contribution in [0.2, 0.25) is 10.0 Å². The van der Waals surface area contributed by atoms with Crippen molar-refractivity contribution < 1.29 is 0 Å². The zero-order chi connectivity index (χ0) is 19.6. The monoisotopic (exact) mass is 426 g/mol. The highest BCUT2D eigenvalue weighted by Crippen LogP contribution is 2.39. The van der Waals surface area contributed by atoms with Gasteiger partial charge in [0, 0.05) is 24.5 Å². The quantitative estimate of drug-likeness (QED) is 0.670. The van der Waals surface area contributed by atoms with Gasteiger partial charge in [-0.05, 0) is 36.9 Å². The van der Waals surface area contributed by atoms with E-state index in [1.54, 1.807) is 6.07 Å². The maximum absolute atomic E-state index is 6.28. The highest BCUT2D eigenvalue weighted by molar-refractivity contribution is 7.99. The summed E-state index contributed by atoms with van der Waals surface area (Å²) in [6.07, 6.45) is 2.01. The first-order chi connectivity index (χ1) is 12.9. The Morgan fingerprint density at radius 1 is 1.19 bits per heavy atom. The predicted molar refractivity (Wildman–Crippen MR) is 114 cm³/mol. The van der Waals surface area contributed by atoms with Crippen LogP contribution in [0.25, 0.3) is 0 Å². The molecule has 1 aliphatic heterocycles. The van der Waals surface area contributed by atoms with Gasteiger partial charge in [-0.25, -0.2) is 9.97 Å².